The first-order chi connectivity index (χ1) is 10.0. The van der Waals surface area contributed by atoms with E-state index in [0.717, 1.165) is 4.88 Å². The standard InChI is InChI=1S/C15H23NO4S2/c1-10-5-6-11(14(17)18)9-16(10)22(19,20)13-8-7-12(21-13)15(2,3)4/h7-8,10-11H,5-6,9H2,1-4H3,(H,17,18). The maximum Gasteiger partial charge on any atom is 0.307 e. The van der Waals surface area contributed by atoms with E-state index in [0.29, 0.717) is 17.1 Å². The average molecular weight is 345 g/mol. The van der Waals surface area contributed by atoms with E-state index in [9.17, 15) is 18.3 Å². The van der Waals surface area contributed by atoms with Crippen molar-refractivity contribution < 1.29 is 18.3 Å². The van der Waals surface area contributed by atoms with Gasteiger partial charge in [-0.1, -0.05) is 20.8 Å². The van der Waals surface area contributed by atoms with Crippen molar-refractivity contribution in [1.29, 1.82) is 0 Å². The van der Waals surface area contributed by atoms with Crippen LogP contribution < -0.4 is 0 Å². The summed E-state index contributed by atoms with van der Waals surface area (Å²) in [6.07, 6.45) is 1.11. The summed E-state index contributed by atoms with van der Waals surface area (Å²) in [5, 5.41) is 9.17. The third-order valence-electron chi connectivity index (χ3n) is 4.06. The highest BCUT2D eigenvalue weighted by atomic mass is 32.2. The minimum atomic E-state index is -3.63. The molecule has 1 fully saturated rings. The molecule has 1 aliphatic rings. The number of carboxylic acid groups (broad SMARTS) is 1. The molecule has 124 valence electrons. The number of carbonyl (C=O) groups is 1. The van der Waals surface area contributed by atoms with Gasteiger partial charge in [-0.15, -0.1) is 11.3 Å². The lowest BCUT2D eigenvalue weighted by molar-refractivity contribution is -0.143. The summed E-state index contributed by atoms with van der Waals surface area (Å²) in [6.45, 7) is 8.02. The molecule has 1 aromatic heterocycles. The molecule has 1 aliphatic heterocycles. The Bertz CT molecular complexity index is 657. The van der Waals surface area contributed by atoms with E-state index in [1.54, 1.807) is 6.07 Å². The summed E-state index contributed by atoms with van der Waals surface area (Å²) < 4.78 is 27.4. The van der Waals surface area contributed by atoms with Crippen LogP contribution in [-0.4, -0.2) is 36.4 Å². The first-order valence-electron chi connectivity index (χ1n) is 7.38. The van der Waals surface area contributed by atoms with Crippen molar-refractivity contribution in [2.75, 3.05) is 6.54 Å². The van der Waals surface area contributed by atoms with Gasteiger partial charge in [0.2, 0.25) is 0 Å². The Labute approximate surface area is 136 Å². The number of hydrogen-bond acceptors (Lipinski definition) is 4. The molecule has 2 heterocycles. The Morgan fingerprint density at radius 3 is 2.45 bits per heavy atom. The van der Waals surface area contributed by atoms with Gasteiger partial charge in [-0.25, -0.2) is 8.42 Å². The predicted octanol–water partition coefficient (Wildman–Crippen LogP) is 2.92. The van der Waals surface area contributed by atoms with E-state index in [1.165, 1.54) is 15.6 Å². The molecule has 0 amide bonds. The largest absolute Gasteiger partial charge is 0.481 e. The van der Waals surface area contributed by atoms with Gasteiger partial charge in [0.1, 0.15) is 4.21 Å². The van der Waals surface area contributed by atoms with Crippen LogP contribution in [0.1, 0.15) is 45.4 Å². The van der Waals surface area contributed by atoms with Crippen LogP contribution in [0.4, 0.5) is 0 Å². The SMILES string of the molecule is CC1CCC(C(=O)O)CN1S(=O)(=O)c1ccc(C(C)(C)C)s1. The molecular formula is C15H23NO4S2. The Morgan fingerprint density at radius 2 is 1.95 bits per heavy atom. The lowest BCUT2D eigenvalue weighted by Crippen LogP contribution is -2.47. The zero-order valence-corrected chi connectivity index (χ0v) is 15.0. The molecule has 2 unspecified atom stereocenters. The summed E-state index contributed by atoms with van der Waals surface area (Å²) >= 11 is 1.28. The number of nitrogens with zero attached hydrogens (tertiary/aromatic N) is 1. The molecule has 0 spiro atoms. The minimum absolute atomic E-state index is 0.0571. The highest BCUT2D eigenvalue weighted by Crippen LogP contribution is 2.35. The van der Waals surface area contributed by atoms with Crippen LogP contribution >= 0.6 is 11.3 Å². The monoisotopic (exact) mass is 345 g/mol. The maximum absolute atomic E-state index is 12.8. The second-order valence-electron chi connectivity index (χ2n) is 6.90. The van der Waals surface area contributed by atoms with Crippen LogP contribution in [0.3, 0.4) is 0 Å². The lowest BCUT2D eigenvalue weighted by Gasteiger charge is -2.35. The molecule has 0 aromatic carbocycles. The summed E-state index contributed by atoms with van der Waals surface area (Å²) in [7, 11) is -3.63. The molecule has 22 heavy (non-hydrogen) atoms. The van der Waals surface area contributed by atoms with Crippen molar-refractivity contribution in [2.24, 2.45) is 5.92 Å². The first kappa shape index (κ1) is 17.4. The van der Waals surface area contributed by atoms with Crippen LogP contribution in [-0.2, 0) is 20.2 Å². The number of aliphatic carboxylic acids is 1. The normalized spacial score (nSPS) is 24.4. The third kappa shape index (κ3) is 3.36. The molecule has 0 saturated carbocycles. The lowest BCUT2D eigenvalue weighted by atomic mass is 9.95. The summed E-state index contributed by atoms with van der Waals surface area (Å²) in [5.41, 5.74) is -0.102. The zero-order chi connectivity index (χ0) is 16.7. The van der Waals surface area contributed by atoms with Gasteiger partial charge in [-0.05, 0) is 37.3 Å². The Hall–Kier alpha value is -0.920. The zero-order valence-electron chi connectivity index (χ0n) is 13.4. The Morgan fingerprint density at radius 1 is 1.32 bits per heavy atom. The second kappa shape index (κ2) is 5.94. The maximum atomic E-state index is 12.8. The van der Waals surface area contributed by atoms with Crippen molar-refractivity contribution in [2.45, 2.75) is 56.2 Å². The van der Waals surface area contributed by atoms with Gasteiger partial charge in [0, 0.05) is 17.5 Å². The van der Waals surface area contributed by atoms with Crippen LogP contribution in [0.25, 0.3) is 0 Å². The molecule has 5 nitrogen and oxygen atoms in total. The van der Waals surface area contributed by atoms with E-state index >= 15 is 0 Å². The van der Waals surface area contributed by atoms with Crippen molar-refractivity contribution in [1.82, 2.24) is 4.31 Å². The second-order valence-corrected chi connectivity index (χ2v) is 10.1. The number of carboxylic acids is 1. The molecule has 2 rings (SSSR count). The highest BCUT2D eigenvalue weighted by molar-refractivity contribution is 7.91. The van der Waals surface area contributed by atoms with Crippen LogP contribution in [0.15, 0.2) is 16.3 Å². The van der Waals surface area contributed by atoms with Gasteiger partial charge in [0.05, 0.1) is 5.92 Å². The Balaban J connectivity index is 2.32. The van der Waals surface area contributed by atoms with Gasteiger partial charge in [0.15, 0.2) is 0 Å². The summed E-state index contributed by atoms with van der Waals surface area (Å²) in [5.74, 6) is -1.54. The topological polar surface area (TPSA) is 74.7 Å². The quantitative estimate of drug-likeness (QED) is 0.914. The van der Waals surface area contributed by atoms with Gasteiger partial charge in [-0.2, -0.15) is 4.31 Å². The minimum Gasteiger partial charge on any atom is -0.481 e. The number of hydrogen-bond donors (Lipinski definition) is 1. The average Bonchev–Trinajstić information content (AvgIpc) is 2.88. The van der Waals surface area contributed by atoms with Gasteiger partial charge in [-0.3, -0.25) is 4.79 Å². The summed E-state index contributed by atoms with van der Waals surface area (Å²) in [6, 6.07) is 3.32. The molecule has 7 heteroatoms. The highest BCUT2D eigenvalue weighted by Gasteiger charge is 2.38. The molecular weight excluding hydrogens is 322 g/mol. The number of thiophene rings is 1. The molecule has 1 N–H and O–H groups in total. The van der Waals surface area contributed by atoms with E-state index < -0.39 is 21.9 Å². The number of sulfonamides is 1. The smallest absolute Gasteiger partial charge is 0.307 e. The van der Waals surface area contributed by atoms with Gasteiger partial charge < -0.3 is 5.11 Å². The summed E-state index contributed by atoms with van der Waals surface area (Å²) in [4.78, 5) is 12.2. The van der Waals surface area contributed by atoms with Gasteiger partial charge >= 0.3 is 5.97 Å². The van der Waals surface area contributed by atoms with Crippen LogP contribution in [0.5, 0.6) is 0 Å². The first-order valence-corrected chi connectivity index (χ1v) is 9.64. The fourth-order valence-electron chi connectivity index (χ4n) is 2.59. The van der Waals surface area contributed by atoms with E-state index in [4.69, 9.17) is 0 Å². The molecule has 1 saturated heterocycles. The Kier molecular flexibility index (Phi) is 4.71. The van der Waals surface area contributed by atoms with Crippen LogP contribution in [0.2, 0.25) is 0 Å². The van der Waals surface area contributed by atoms with Crippen molar-refractivity contribution in [3.8, 4) is 0 Å². The molecule has 0 aliphatic carbocycles. The number of rotatable bonds is 3. The molecule has 2 atom stereocenters. The van der Waals surface area contributed by atoms with E-state index in [2.05, 4.69) is 0 Å². The number of piperidine rings is 1. The fraction of sp³-hybridized carbons (Fsp3) is 0.667. The van der Waals surface area contributed by atoms with Crippen molar-refractivity contribution in [3.63, 3.8) is 0 Å². The third-order valence-corrected chi connectivity index (χ3v) is 8.02. The molecule has 0 bridgehead atoms. The predicted molar refractivity (Wildman–Crippen MR) is 86.7 cm³/mol. The van der Waals surface area contributed by atoms with Gasteiger partial charge in [0.25, 0.3) is 10.0 Å². The van der Waals surface area contributed by atoms with E-state index in [1.807, 2.05) is 33.8 Å². The van der Waals surface area contributed by atoms with Crippen molar-refractivity contribution >= 4 is 27.3 Å². The molecule has 0 radical (unpaired) electrons. The van der Waals surface area contributed by atoms with Crippen molar-refractivity contribution in [3.05, 3.63) is 17.0 Å². The molecule has 1 aromatic rings. The fourth-order valence-corrected chi connectivity index (χ4v) is 5.79. The van der Waals surface area contributed by atoms with Crippen LogP contribution in [0, 0.1) is 5.92 Å². The van der Waals surface area contributed by atoms with E-state index in [-0.39, 0.29) is 18.0 Å².